The van der Waals surface area contributed by atoms with E-state index in [4.69, 9.17) is 9.47 Å². The third-order valence-corrected chi connectivity index (χ3v) is 3.60. The predicted octanol–water partition coefficient (Wildman–Crippen LogP) is 3.03. The van der Waals surface area contributed by atoms with Crippen LogP contribution in [-0.4, -0.2) is 49.9 Å². The van der Waals surface area contributed by atoms with Crippen LogP contribution in [0.4, 0.5) is 14.9 Å². The lowest BCUT2D eigenvalue weighted by Gasteiger charge is -2.36. The molecule has 0 N–H and O–H groups in total. The van der Waals surface area contributed by atoms with Crippen molar-refractivity contribution in [2.75, 3.05) is 38.2 Å². The van der Waals surface area contributed by atoms with Gasteiger partial charge in [0.2, 0.25) is 0 Å². The first-order chi connectivity index (χ1) is 10.8. The van der Waals surface area contributed by atoms with Gasteiger partial charge in [-0.2, -0.15) is 0 Å². The number of amides is 1. The van der Waals surface area contributed by atoms with Crippen molar-refractivity contribution in [1.82, 2.24) is 4.90 Å². The maximum absolute atomic E-state index is 14.2. The van der Waals surface area contributed by atoms with Gasteiger partial charge < -0.3 is 19.3 Å². The largest absolute Gasteiger partial charge is 0.444 e. The summed E-state index contributed by atoms with van der Waals surface area (Å²) in [6, 6.07) is 5.13. The third-order valence-electron chi connectivity index (χ3n) is 3.60. The summed E-state index contributed by atoms with van der Waals surface area (Å²) in [5.74, 6) is -0.259. The Morgan fingerprint density at radius 1 is 1.22 bits per heavy atom. The fourth-order valence-electron chi connectivity index (χ4n) is 2.52. The van der Waals surface area contributed by atoms with Crippen molar-refractivity contribution in [2.24, 2.45) is 0 Å². The Balaban J connectivity index is 1.95. The molecule has 0 unspecified atom stereocenters. The molecule has 6 heteroatoms. The van der Waals surface area contributed by atoms with Crippen molar-refractivity contribution in [3.05, 3.63) is 29.6 Å². The van der Waals surface area contributed by atoms with E-state index in [1.807, 2.05) is 31.7 Å². The van der Waals surface area contributed by atoms with Gasteiger partial charge in [0.05, 0.1) is 12.3 Å². The van der Waals surface area contributed by atoms with Gasteiger partial charge in [0.1, 0.15) is 11.4 Å². The number of hydrogen-bond acceptors (Lipinski definition) is 4. The zero-order valence-electron chi connectivity index (χ0n) is 14.3. The molecule has 0 saturated carbocycles. The standard InChI is InChI=1S/C17H25FN2O3/c1-17(2,3)23-16(21)20-9-7-19(8-10-20)15-6-5-13(12-22-4)11-14(15)18/h5-6,11H,7-10,12H2,1-4H3. The van der Waals surface area contributed by atoms with Crippen LogP contribution in [0.5, 0.6) is 0 Å². The number of benzene rings is 1. The van der Waals surface area contributed by atoms with Gasteiger partial charge >= 0.3 is 6.09 Å². The molecule has 1 heterocycles. The Morgan fingerprint density at radius 2 is 1.87 bits per heavy atom. The van der Waals surface area contributed by atoms with Crippen molar-refractivity contribution in [1.29, 1.82) is 0 Å². The maximum atomic E-state index is 14.2. The van der Waals surface area contributed by atoms with Gasteiger partial charge in [-0.15, -0.1) is 0 Å². The lowest BCUT2D eigenvalue weighted by atomic mass is 10.1. The second kappa shape index (κ2) is 7.17. The lowest BCUT2D eigenvalue weighted by Crippen LogP contribution is -2.50. The van der Waals surface area contributed by atoms with Gasteiger partial charge in [-0.3, -0.25) is 0 Å². The van der Waals surface area contributed by atoms with Crippen LogP contribution in [0.25, 0.3) is 0 Å². The third kappa shape index (κ3) is 4.82. The van der Waals surface area contributed by atoms with E-state index in [9.17, 15) is 9.18 Å². The Kier molecular flexibility index (Phi) is 5.46. The summed E-state index contributed by atoms with van der Waals surface area (Å²) in [6.07, 6.45) is -0.312. The Labute approximate surface area is 137 Å². The van der Waals surface area contributed by atoms with Crippen molar-refractivity contribution >= 4 is 11.8 Å². The summed E-state index contributed by atoms with van der Waals surface area (Å²) < 4.78 is 24.6. The number of nitrogens with zero attached hydrogens (tertiary/aromatic N) is 2. The number of carbonyl (C=O) groups excluding carboxylic acids is 1. The molecule has 5 nitrogen and oxygen atoms in total. The number of piperazine rings is 1. The highest BCUT2D eigenvalue weighted by molar-refractivity contribution is 5.68. The first-order valence-electron chi connectivity index (χ1n) is 7.80. The van der Waals surface area contributed by atoms with Crippen LogP contribution >= 0.6 is 0 Å². The molecule has 1 aliphatic heterocycles. The van der Waals surface area contributed by atoms with Crippen molar-refractivity contribution < 1.29 is 18.7 Å². The Bertz CT molecular complexity index is 549. The average Bonchev–Trinajstić information content (AvgIpc) is 2.46. The number of halogens is 1. The van der Waals surface area contributed by atoms with Crippen molar-refractivity contribution in [3.8, 4) is 0 Å². The number of carbonyl (C=O) groups is 1. The van der Waals surface area contributed by atoms with E-state index >= 15 is 0 Å². The molecule has 1 fully saturated rings. The van der Waals surface area contributed by atoms with Gasteiger partial charge in [0.15, 0.2) is 0 Å². The van der Waals surface area contributed by atoms with E-state index in [2.05, 4.69) is 0 Å². The summed E-state index contributed by atoms with van der Waals surface area (Å²) in [6.45, 7) is 8.14. The van der Waals surface area contributed by atoms with E-state index in [0.717, 1.165) is 5.56 Å². The maximum Gasteiger partial charge on any atom is 0.410 e. The molecule has 1 aliphatic rings. The molecule has 2 rings (SSSR count). The quantitative estimate of drug-likeness (QED) is 0.857. The molecule has 0 spiro atoms. The highest BCUT2D eigenvalue weighted by atomic mass is 19.1. The molecule has 0 bridgehead atoms. The minimum absolute atomic E-state index is 0.259. The molecule has 1 aromatic carbocycles. The molecule has 0 aliphatic carbocycles. The molecule has 0 radical (unpaired) electrons. The summed E-state index contributed by atoms with van der Waals surface area (Å²) in [7, 11) is 1.59. The normalized spacial score (nSPS) is 15.7. The van der Waals surface area contributed by atoms with Crippen molar-refractivity contribution in [2.45, 2.75) is 33.0 Å². The molecule has 23 heavy (non-hydrogen) atoms. The van der Waals surface area contributed by atoms with Crippen LogP contribution in [-0.2, 0) is 16.1 Å². The molecule has 1 saturated heterocycles. The second-order valence-corrected chi connectivity index (χ2v) is 6.67. The highest BCUT2D eigenvalue weighted by Crippen LogP contribution is 2.23. The first-order valence-corrected chi connectivity index (χ1v) is 7.80. The van der Waals surface area contributed by atoms with Crippen LogP contribution in [0.3, 0.4) is 0 Å². The lowest BCUT2D eigenvalue weighted by molar-refractivity contribution is 0.0240. The van der Waals surface area contributed by atoms with Gasteiger partial charge in [-0.1, -0.05) is 6.07 Å². The molecule has 0 aromatic heterocycles. The van der Waals surface area contributed by atoms with Gasteiger partial charge in [-0.25, -0.2) is 9.18 Å². The highest BCUT2D eigenvalue weighted by Gasteiger charge is 2.26. The second-order valence-electron chi connectivity index (χ2n) is 6.67. The van der Waals surface area contributed by atoms with E-state index in [0.29, 0.717) is 38.5 Å². The summed E-state index contributed by atoms with van der Waals surface area (Å²) in [5, 5.41) is 0. The van der Waals surface area contributed by atoms with E-state index < -0.39 is 5.60 Å². The number of ether oxygens (including phenoxy) is 2. The van der Waals surface area contributed by atoms with Crippen LogP contribution in [0.2, 0.25) is 0 Å². The van der Waals surface area contributed by atoms with Crippen LogP contribution in [0.1, 0.15) is 26.3 Å². The SMILES string of the molecule is COCc1ccc(N2CCN(C(=O)OC(C)(C)C)CC2)c(F)c1. The number of hydrogen-bond donors (Lipinski definition) is 0. The van der Waals surface area contributed by atoms with Gasteiger partial charge in [0, 0.05) is 33.3 Å². The summed E-state index contributed by atoms with van der Waals surface area (Å²) in [5.41, 5.74) is 0.868. The zero-order chi connectivity index (χ0) is 17.0. The Morgan fingerprint density at radius 3 is 2.39 bits per heavy atom. The summed E-state index contributed by atoms with van der Waals surface area (Å²) >= 11 is 0. The van der Waals surface area contributed by atoms with Crippen LogP contribution < -0.4 is 4.90 Å². The molecule has 1 aromatic rings. The smallest absolute Gasteiger partial charge is 0.410 e. The monoisotopic (exact) mass is 324 g/mol. The van der Waals surface area contributed by atoms with E-state index in [-0.39, 0.29) is 11.9 Å². The molecule has 1 amide bonds. The molecular formula is C17H25FN2O3. The Hall–Kier alpha value is -1.82. The topological polar surface area (TPSA) is 42.0 Å². The van der Waals surface area contributed by atoms with Crippen LogP contribution in [0.15, 0.2) is 18.2 Å². The fraction of sp³-hybridized carbons (Fsp3) is 0.588. The fourth-order valence-corrected chi connectivity index (χ4v) is 2.52. The minimum atomic E-state index is -0.502. The number of rotatable bonds is 3. The first kappa shape index (κ1) is 17.5. The van der Waals surface area contributed by atoms with Crippen LogP contribution in [0, 0.1) is 5.82 Å². The molecular weight excluding hydrogens is 299 g/mol. The van der Waals surface area contributed by atoms with E-state index in [1.165, 1.54) is 6.07 Å². The predicted molar refractivity (Wildman–Crippen MR) is 87.1 cm³/mol. The van der Waals surface area contributed by atoms with Gasteiger partial charge in [0.25, 0.3) is 0 Å². The number of anilines is 1. The molecule has 0 atom stereocenters. The number of methoxy groups -OCH3 is 1. The van der Waals surface area contributed by atoms with Gasteiger partial charge in [-0.05, 0) is 38.5 Å². The minimum Gasteiger partial charge on any atom is -0.444 e. The van der Waals surface area contributed by atoms with Crippen molar-refractivity contribution in [3.63, 3.8) is 0 Å². The summed E-state index contributed by atoms with van der Waals surface area (Å²) in [4.78, 5) is 15.7. The molecule has 128 valence electrons. The zero-order valence-corrected chi connectivity index (χ0v) is 14.3. The van der Waals surface area contributed by atoms with E-state index in [1.54, 1.807) is 18.1 Å². The average molecular weight is 324 g/mol.